The molecule has 0 saturated carbocycles. The van der Waals surface area contributed by atoms with Crippen molar-refractivity contribution in [3.8, 4) is 0 Å². The Hall–Kier alpha value is -0.930. The van der Waals surface area contributed by atoms with Crippen molar-refractivity contribution in [3.05, 3.63) is 30.1 Å². The van der Waals surface area contributed by atoms with Crippen molar-refractivity contribution >= 4 is 0 Å². The van der Waals surface area contributed by atoms with Crippen LogP contribution >= 0.6 is 0 Å². The van der Waals surface area contributed by atoms with Gasteiger partial charge in [-0.1, -0.05) is 6.07 Å². The second kappa shape index (κ2) is 3.85. The summed E-state index contributed by atoms with van der Waals surface area (Å²) in [6.07, 6.45) is 5.81. The van der Waals surface area contributed by atoms with Crippen LogP contribution in [-0.2, 0) is 0 Å². The van der Waals surface area contributed by atoms with Gasteiger partial charge in [0.05, 0.1) is 0 Å². The Balaban J connectivity index is 2.08. The summed E-state index contributed by atoms with van der Waals surface area (Å²) in [4.78, 5) is 4.10. The molecule has 0 spiro atoms. The Morgan fingerprint density at radius 2 is 2.46 bits per heavy atom. The van der Waals surface area contributed by atoms with E-state index in [0.29, 0.717) is 12.1 Å². The highest BCUT2D eigenvalue weighted by atomic mass is 14.9. The summed E-state index contributed by atoms with van der Waals surface area (Å²) in [5.41, 5.74) is 7.15. The molecule has 0 bridgehead atoms. The van der Waals surface area contributed by atoms with Gasteiger partial charge in [0.2, 0.25) is 0 Å². The zero-order valence-corrected chi connectivity index (χ0v) is 7.61. The van der Waals surface area contributed by atoms with Crippen LogP contribution in [0.15, 0.2) is 24.5 Å². The predicted molar refractivity (Wildman–Crippen MR) is 52.2 cm³/mol. The third-order valence-corrected chi connectivity index (χ3v) is 2.53. The van der Waals surface area contributed by atoms with E-state index in [-0.39, 0.29) is 0 Å². The van der Waals surface area contributed by atoms with Gasteiger partial charge in [0.15, 0.2) is 0 Å². The molecular weight excluding hydrogens is 162 g/mol. The van der Waals surface area contributed by atoms with Crippen LogP contribution in [0, 0.1) is 0 Å². The summed E-state index contributed by atoms with van der Waals surface area (Å²) < 4.78 is 0. The van der Waals surface area contributed by atoms with E-state index in [1.807, 2.05) is 12.3 Å². The lowest BCUT2D eigenvalue weighted by Crippen LogP contribution is -2.38. The van der Waals surface area contributed by atoms with Crippen molar-refractivity contribution in [1.29, 1.82) is 0 Å². The number of nitrogens with one attached hydrogen (secondary N) is 1. The molecule has 1 saturated heterocycles. The van der Waals surface area contributed by atoms with Crippen LogP contribution in [0.4, 0.5) is 0 Å². The summed E-state index contributed by atoms with van der Waals surface area (Å²) in [5, 5.41) is 3.45. The molecule has 0 radical (unpaired) electrons. The van der Waals surface area contributed by atoms with Crippen LogP contribution in [0.2, 0.25) is 0 Å². The molecular formula is C10H15N3. The summed E-state index contributed by atoms with van der Waals surface area (Å²) >= 11 is 0. The number of nitrogens with two attached hydrogens (primary N) is 1. The molecule has 1 fully saturated rings. The van der Waals surface area contributed by atoms with Crippen molar-refractivity contribution in [2.24, 2.45) is 5.73 Å². The van der Waals surface area contributed by atoms with Crippen LogP contribution in [-0.4, -0.2) is 17.6 Å². The van der Waals surface area contributed by atoms with E-state index in [4.69, 9.17) is 5.73 Å². The topological polar surface area (TPSA) is 50.9 Å². The lowest BCUT2D eigenvalue weighted by Gasteiger charge is -2.28. The molecule has 70 valence electrons. The number of aromatic nitrogens is 1. The first-order chi connectivity index (χ1) is 6.36. The Morgan fingerprint density at radius 3 is 3.15 bits per heavy atom. The van der Waals surface area contributed by atoms with Crippen LogP contribution in [0.3, 0.4) is 0 Å². The number of pyridine rings is 1. The van der Waals surface area contributed by atoms with Gasteiger partial charge in [-0.3, -0.25) is 4.98 Å². The number of rotatable bonds is 1. The van der Waals surface area contributed by atoms with E-state index < -0.39 is 0 Å². The van der Waals surface area contributed by atoms with Crippen molar-refractivity contribution in [1.82, 2.24) is 10.3 Å². The van der Waals surface area contributed by atoms with Gasteiger partial charge in [0, 0.05) is 24.5 Å². The summed E-state index contributed by atoms with van der Waals surface area (Å²) in [7, 11) is 0. The highest BCUT2D eigenvalue weighted by molar-refractivity contribution is 5.14. The Labute approximate surface area is 78.4 Å². The Bertz CT molecular complexity index is 260. The van der Waals surface area contributed by atoms with Crippen molar-refractivity contribution < 1.29 is 0 Å². The zero-order chi connectivity index (χ0) is 9.10. The molecule has 1 aliphatic rings. The van der Waals surface area contributed by atoms with Gasteiger partial charge in [-0.15, -0.1) is 0 Å². The smallest absolute Gasteiger partial charge is 0.0350 e. The predicted octanol–water partition coefficient (Wildman–Crippen LogP) is 0.833. The van der Waals surface area contributed by atoms with Crippen LogP contribution in [0.1, 0.15) is 24.4 Å². The minimum Gasteiger partial charge on any atom is -0.328 e. The van der Waals surface area contributed by atoms with Gasteiger partial charge >= 0.3 is 0 Å². The summed E-state index contributed by atoms with van der Waals surface area (Å²) in [6, 6.07) is 4.81. The maximum absolute atomic E-state index is 5.90. The SMILES string of the molecule is N[C@@H]1CCN[C@H](c2cccnc2)C1. The van der Waals surface area contributed by atoms with E-state index in [9.17, 15) is 0 Å². The first-order valence-corrected chi connectivity index (χ1v) is 4.75. The average Bonchev–Trinajstić information content (AvgIpc) is 2.19. The monoisotopic (exact) mass is 177 g/mol. The lowest BCUT2D eigenvalue weighted by atomic mass is 9.95. The van der Waals surface area contributed by atoms with Gasteiger partial charge in [-0.2, -0.15) is 0 Å². The molecule has 2 rings (SSSR count). The maximum Gasteiger partial charge on any atom is 0.0350 e. The highest BCUT2D eigenvalue weighted by Crippen LogP contribution is 2.20. The van der Waals surface area contributed by atoms with E-state index in [1.165, 1.54) is 5.56 Å². The van der Waals surface area contributed by atoms with Gasteiger partial charge in [-0.25, -0.2) is 0 Å². The standard InChI is InChI=1S/C10H15N3/c11-9-3-5-13-10(6-9)8-2-1-4-12-7-8/h1-2,4,7,9-10,13H,3,5-6,11H2/t9-,10+/m1/s1. The second-order valence-corrected chi connectivity index (χ2v) is 3.58. The van der Waals surface area contributed by atoms with E-state index in [2.05, 4.69) is 16.4 Å². The van der Waals surface area contributed by atoms with Gasteiger partial charge in [-0.05, 0) is 31.0 Å². The second-order valence-electron chi connectivity index (χ2n) is 3.58. The number of piperidine rings is 1. The van der Waals surface area contributed by atoms with E-state index in [1.54, 1.807) is 6.20 Å². The fourth-order valence-electron chi connectivity index (χ4n) is 1.78. The van der Waals surface area contributed by atoms with Crippen LogP contribution < -0.4 is 11.1 Å². The van der Waals surface area contributed by atoms with Crippen molar-refractivity contribution in [3.63, 3.8) is 0 Å². The first-order valence-electron chi connectivity index (χ1n) is 4.75. The molecule has 3 N–H and O–H groups in total. The maximum atomic E-state index is 5.90. The van der Waals surface area contributed by atoms with Crippen LogP contribution in [0.5, 0.6) is 0 Å². The Morgan fingerprint density at radius 1 is 1.54 bits per heavy atom. The summed E-state index contributed by atoms with van der Waals surface area (Å²) in [5.74, 6) is 0. The third-order valence-electron chi connectivity index (χ3n) is 2.53. The molecule has 1 aromatic heterocycles. The third kappa shape index (κ3) is 2.05. The fourth-order valence-corrected chi connectivity index (χ4v) is 1.78. The molecule has 13 heavy (non-hydrogen) atoms. The normalized spacial score (nSPS) is 28.7. The molecule has 2 heterocycles. The number of hydrogen-bond acceptors (Lipinski definition) is 3. The van der Waals surface area contributed by atoms with Gasteiger partial charge in [0.1, 0.15) is 0 Å². The van der Waals surface area contributed by atoms with Crippen LogP contribution in [0.25, 0.3) is 0 Å². The molecule has 0 unspecified atom stereocenters. The first kappa shape index (κ1) is 8.66. The minimum absolute atomic E-state index is 0.339. The number of nitrogens with zero attached hydrogens (tertiary/aromatic N) is 1. The molecule has 3 nitrogen and oxygen atoms in total. The molecule has 0 aliphatic carbocycles. The van der Waals surface area contributed by atoms with Gasteiger partial charge < -0.3 is 11.1 Å². The molecule has 3 heteroatoms. The molecule has 1 aliphatic heterocycles. The molecule has 0 aromatic carbocycles. The quantitative estimate of drug-likeness (QED) is 0.668. The van der Waals surface area contributed by atoms with Gasteiger partial charge in [0.25, 0.3) is 0 Å². The fraction of sp³-hybridized carbons (Fsp3) is 0.500. The molecule has 0 amide bonds. The number of hydrogen-bond donors (Lipinski definition) is 2. The zero-order valence-electron chi connectivity index (χ0n) is 7.61. The summed E-state index contributed by atoms with van der Waals surface area (Å²) in [6.45, 7) is 1.01. The highest BCUT2D eigenvalue weighted by Gasteiger charge is 2.19. The van der Waals surface area contributed by atoms with Crippen molar-refractivity contribution in [2.75, 3.05) is 6.54 Å². The molecule has 1 aromatic rings. The largest absolute Gasteiger partial charge is 0.328 e. The van der Waals surface area contributed by atoms with Crippen molar-refractivity contribution in [2.45, 2.75) is 24.9 Å². The lowest BCUT2D eigenvalue weighted by molar-refractivity contribution is 0.369. The average molecular weight is 177 g/mol. The van der Waals surface area contributed by atoms with E-state index in [0.717, 1.165) is 19.4 Å². The minimum atomic E-state index is 0.339. The molecule has 2 atom stereocenters. The van der Waals surface area contributed by atoms with E-state index >= 15 is 0 Å². The Kier molecular flexibility index (Phi) is 2.57.